The van der Waals surface area contributed by atoms with Gasteiger partial charge in [-0.15, -0.1) is 12.4 Å². The van der Waals surface area contributed by atoms with E-state index in [0.29, 0.717) is 37.6 Å². The first kappa shape index (κ1) is 23.2. The van der Waals surface area contributed by atoms with Crippen molar-refractivity contribution in [3.63, 3.8) is 0 Å². The van der Waals surface area contributed by atoms with Gasteiger partial charge in [-0.2, -0.15) is 0 Å². The molecule has 3 unspecified atom stereocenters. The highest BCUT2D eigenvalue weighted by atomic mass is 35.5. The number of carbonyl (C=O) groups is 2. The number of β-amino-alcohol motifs (C(OH)–C–C–N with tert-alkyl or cyclic N) is 1. The van der Waals surface area contributed by atoms with Crippen molar-refractivity contribution in [2.45, 2.75) is 32.9 Å². The highest BCUT2D eigenvalue weighted by molar-refractivity contribution is 5.97. The fourth-order valence-corrected chi connectivity index (χ4v) is 2.90. The summed E-state index contributed by atoms with van der Waals surface area (Å²) in [7, 11) is 0. The maximum absolute atomic E-state index is 12.5. The van der Waals surface area contributed by atoms with E-state index in [1.54, 1.807) is 24.3 Å². The number of carbonyl (C=O) groups excluding carboxylic acids is 2. The van der Waals surface area contributed by atoms with E-state index in [2.05, 4.69) is 16.0 Å². The molecule has 0 saturated carbocycles. The second kappa shape index (κ2) is 11.1. The third-order valence-electron chi connectivity index (χ3n) is 4.51. The van der Waals surface area contributed by atoms with Crippen molar-refractivity contribution in [2.24, 2.45) is 11.8 Å². The van der Waals surface area contributed by atoms with Crippen LogP contribution in [0.1, 0.15) is 31.1 Å². The first-order chi connectivity index (χ1) is 12.4. The normalized spacial score (nSPS) is 19.9. The summed E-state index contributed by atoms with van der Waals surface area (Å²) in [5.41, 5.74) is 0.474. The van der Waals surface area contributed by atoms with Crippen molar-refractivity contribution in [1.82, 2.24) is 16.0 Å². The number of nitrogens with one attached hydrogen (secondary N) is 3. The van der Waals surface area contributed by atoms with Gasteiger partial charge in [0.2, 0.25) is 5.91 Å². The summed E-state index contributed by atoms with van der Waals surface area (Å²) < 4.78 is 5.37. The molecule has 1 heterocycles. The van der Waals surface area contributed by atoms with Crippen molar-refractivity contribution in [3.8, 4) is 5.75 Å². The second-order valence-electron chi connectivity index (χ2n) is 6.88. The van der Waals surface area contributed by atoms with Crippen LogP contribution in [0.4, 0.5) is 0 Å². The van der Waals surface area contributed by atoms with Gasteiger partial charge in [0.15, 0.2) is 0 Å². The van der Waals surface area contributed by atoms with Gasteiger partial charge in [0.25, 0.3) is 5.91 Å². The molecule has 8 heteroatoms. The molecule has 1 aromatic carbocycles. The number of halogens is 1. The fraction of sp³-hybridized carbons (Fsp3) is 0.579. The molecule has 152 valence electrons. The third kappa shape index (κ3) is 6.68. The molecule has 4 N–H and O–H groups in total. The molecule has 27 heavy (non-hydrogen) atoms. The Morgan fingerprint density at radius 2 is 1.93 bits per heavy atom. The average Bonchev–Trinajstić information content (AvgIpc) is 3.03. The van der Waals surface area contributed by atoms with Crippen LogP contribution in [0.5, 0.6) is 5.75 Å². The number of rotatable bonds is 8. The smallest absolute Gasteiger partial charge is 0.251 e. The molecule has 0 spiro atoms. The van der Waals surface area contributed by atoms with Crippen molar-refractivity contribution in [3.05, 3.63) is 29.8 Å². The minimum atomic E-state index is -0.638. The second-order valence-corrected chi connectivity index (χ2v) is 6.88. The number of aliphatic hydroxyl groups excluding tert-OH is 1. The van der Waals surface area contributed by atoms with E-state index in [1.165, 1.54) is 0 Å². The Morgan fingerprint density at radius 1 is 1.26 bits per heavy atom. The highest BCUT2D eigenvalue weighted by Crippen LogP contribution is 2.13. The number of hydrogen-bond donors (Lipinski definition) is 4. The Hall–Kier alpha value is -1.83. The lowest BCUT2D eigenvalue weighted by atomic mass is 10.0. The van der Waals surface area contributed by atoms with E-state index in [9.17, 15) is 14.7 Å². The van der Waals surface area contributed by atoms with Crippen LogP contribution in [0.25, 0.3) is 0 Å². The maximum Gasteiger partial charge on any atom is 0.251 e. The lowest BCUT2D eigenvalue weighted by Gasteiger charge is -2.23. The summed E-state index contributed by atoms with van der Waals surface area (Å²) in [6.45, 7) is 7.83. The Bertz CT molecular complexity index is 609. The SMILES string of the molecule is CCOc1ccc(C(=O)NC(C(=O)NCC2CNCC2O)C(C)C)cc1.Cl. The molecule has 1 fully saturated rings. The first-order valence-electron chi connectivity index (χ1n) is 9.12. The topological polar surface area (TPSA) is 99.7 Å². The summed E-state index contributed by atoms with van der Waals surface area (Å²) in [5.74, 6) is 0.0932. The van der Waals surface area contributed by atoms with Gasteiger partial charge in [-0.3, -0.25) is 9.59 Å². The molecule has 2 amide bonds. The molecule has 1 aliphatic rings. The van der Waals surface area contributed by atoms with Gasteiger partial charge < -0.3 is 25.8 Å². The zero-order chi connectivity index (χ0) is 19.1. The molecule has 1 saturated heterocycles. The van der Waals surface area contributed by atoms with E-state index in [-0.39, 0.29) is 36.1 Å². The van der Waals surface area contributed by atoms with E-state index in [4.69, 9.17) is 4.74 Å². The van der Waals surface area contributed by atoms with Gasteiger partial charge in [-0.25, -0.2) is 0 Å². The van der Waals surface area contributed by atoms with Crippen LogP contribution < -0.4 is 20.7 Å². The van der Waals surface area contributed by atoms with E-state index >= 15 is 0 Å². The van der Waals surface area contributed by atoms with Crippen LogP contribution in [-0.4, -0.2) is 55.3 Å². The van der Waals surface area contributed by atoms with E-state index < -0.39 is 12.1 Å². The van der Waals surface area contributed by atoms with Gasteiger partial charge in [0.05, 0.1) is 12.7 Å². The van der Waals surface area contributed by atoms with Crippen LogP contribution in [-0.2, 0) is 4.79 Å². The molecule has 2 rings (SSSR count). The molecule has 1 aromatic rings. The zero-order valence-corrected chi connectivity index (χ0v) is 16.8. The van der Waals surface area contributed by atoms with Crippen molar-refractivity contribution in [2.75, 3.05) is 26.2 Å². The summed E-state index contributed by atoms with van der Waals surface area (Å²) in [6, 6.07) is 6.18. The quantitative estimate of drug-likeness (QED) is 0.521. The average molecular weight is 400 g/mol. The van der Waals surface area contributed by atoms with Gasteiger partial charge in [-0.05, 0) is 37.1 Å². The predicted octanol–water partition coefficient (Wildman–Crippen LogP) is 0.958. The molecule has 0 bridgehead atoms. The molecule has 0 radical (unpaired) electrons. The van der Waals surface area contributed by atoms with E-state index in [1.807, 2.05) is 20.8 Å². The molecular weight excluding hydrogens is 370 g/mol. The number of aliphatic hydroxyl groups is 1. The van der Waals surface area contributed by atoms with Crippen molar-refractivity contribution in [1.29, 1.82) is 0 Å². The summed E-state index contributed by atoms with van der Waals surface area (Å²) in [6.07, 6.45) is -0.453. The molecular formula is C19H30ClN3O4. The van der Waals surface area contributed by atoms with Gasteiger partial charge in [-0.1, -0.05) is 13.8 Å². The number of hydrogen-bond acceptors (Lipinski definition) is 5. The third-order valence-corrected chi connectivity index (χ3v) is 4.51. The van der Waals surface area contributed by atoms with Crippen molar-refractivity contribution >= 4 is 24.2 Å². The monoisotopic (exact) mass is 399 g/mol. The molecule has 0 aromatic heterocycles. The zero-order valence-electron chi connectivity index (χ0n) is 16.0. The molecule has 1 aliphatic heterocycles. The molecule has 0 aliphatic carbocycles. The van der Waals surface area contributed by atoms with Gasteiger partial charge in [0.1, 0.15) is 11.8 Å². The van der Waals surface area contributed by atoms with E-state index in [0.717, 1.165) is 0 Å². The Balaban J connectivity index is 0.00000364. The highest BCUT2D eigenvalue weighted by Gasteiger charge is 2.28. The van der Waals surface area contributed by atoms with Gasteiger partial charge in [0, 0.05) is 31.1 Å². The maximum atomic E-state index is 12.5. The van der Waals surface area contributed by atoms with Crippen LogP contribution in [0, 0.1) is 11.8 Å². The lowest BCUT2D eigenvalue weighted by Crippen LogP contribution is -2.51. The Morgan fingerprint density at radius 3 is 2.44 bits per heavy atom. The van der Waals surface area contributed by atoms with Crippen LogP contribution in [0.2, 0.25) is 0 Å². The number of amides is 2. The summed E-state index contributed by atoms with van der Waals surface area (Å²) in [5, 5.41) is 18.5. The fourth-order valence-electron chi connectivity index (χ4n) is 2.90. The predicted molar refractivity (Wildman–Crippen MR) is 106 cm³/mol. The first-order valence-corrected chi connectivity index (χ1v) is 9.12. The minimum Gasteiger partial charge on any atom is -0.494 e. The lowest BCUT2D eigenvalue weighted by molar-refractivity contribution is -0.124. The van der Waals surface area contributed by atoms with Crippen molar-refractivity contribution < 1.29 is 19.4 Å². The molecule has 3 atom stereocenters. The van der Waals surface area contributed by atoms with Crippen LogP contribution in [0.3, 0.4) is 0 Å². The summed E-state index contributed by atoms with van der Waals surface area (Å²) >= 11 is 0. The Kier molecular flexibility index (Phi) is 9.55. The molecule has 7 nitrogen and oxygen atoms in total. The number of ether oxygens (including phenoxy) is 1. The van der Waals surface area contributed by atoms with Crippen LogP contribution in [0.15, 0.2) is 24.3 Å². The Labute approximate surface area is 166 Å². The summed E-state index contributed by atoms with van der Waals surface area (Å²) in [4.78, 5) is 25.0. The largest absolute Gasteiger partial charge is 0.494 e. The minimum absolute atomic E-state index is 0. The van der Waals surface area contributed by atoms with Gasteiger partial charge >= 0.3 is 0 Å². The number of benzene rings is 1. The van der Waals surface area contributed by atoms with Crippen LogP contribution >= 0.6 is 12.4 Å². The standard InChI is InChI=1S/C19H29N3O4.ClH/c1-4-26-15-7-5-13(6-8-15)18(24)22-17(12(2)3)19(25)21-10-14-9-20-11-16(14)23;/h5-8,12,14,16-17,20,23H,4,9-11H2,1-3H3,(H,21,25)(H,22,24);1H.